The van der Waals surface area contributed by atoms with E-state index >= 15 is 0 Å². The first-order valence-electron chi connectivity index (χ1n) is 4.99. The molecule has 0 radical (unpaired) electrons. The molecule has 0 aromatic heterocycles. The van der Waals surface area contributed by atoms with Crippen LogP contribution in [0.2, 0.25) is 0 Å². The fraction of sp³-hybridized carbons (Fsp3) is 0.727. The summed E-state index contributed by atoms with van der Waals surface area (Å²) < 4.78 is 0. The quantitative estimate of drug-likeness (QED) is 0.716. The lowest BCUT2D eigenvalue weighted by atomic mass is 9.78. The molecule has 2 fully saturated rings. The molecule has 2 saturated carbocycles. The summed E-state index contributed by atoms with van der Waals surface area (Å²) in [4.78, 5) is 0. The molecular weight excluding hydrogens is 160 g/mol. The zero-order valence-corrected chi connectivity index (χ0v) is 8.19. The molecule has 0 spiro atoms. The fourth-order valence-corrected chi connectivity index (χ4v) is 1.92. The van der Waals surface area contributed by atoms with Crippen molar-refractivity contribution in [1.82, 2.24) is 5.32 Å². The number of hydrogen-bond donors (Lipinski definition) is 1. The lowest BCUT2D eigenvalue weighted by Gasteiger charge is -2.41. The van der Waals surface area contributed by atoms with Gasteiger partial charge in [-0.1, -0.05) is 6.58 Å². The van der Waals surface area contributed by atoms with Crippen LogP contribution >= 0.6 is 0 Å². The summed E-state index contributed by atoms with van der Waals surface area (Å²) in [5.74, 6) is 0. The number of nitrogens with zero attached hydrogens (tertiary/aromatic N) is 1. The van der Waals surface area contributed by atoms with Crippen molar-refractivity contribution in [3.05, 3.63) is 12.3 Å². The summed E-state index contributed by atoms with van der Waals surface area (Å²) >= 11 is 0. The second-order valence-corrected chi connectivity index (χ2v) is 4.71. The average molecular weight is 176 g/mol. The van der Waals surface area contributed by atoms with Gasteiger partial charge in [0.15, 0.2) is 0 Å². The van der Waals surface area contributed by atoms with Crippen molar-refractivity contribution in [3.63, 3.8) is 0 Å². The maximum absolute atomic E-state index is 8.96. The maximum atomic E-state index is 8.96. The predicted octanol–water partition coefficient (Wildman–Crippen LogP) is 2.34. The van der Waals surface area contributed by atoms with Crippen LogP contribution in [0.15, 0.2) is 12.3 Å². The molecule has 0 heterocycles. The van der Waals surface area contributed by atoms with Crippen molar-refractivity contribution in [2.24, 2.45) is 5.41 Å². The van der Waals surface area contributed by atoms with Crippen molar-refractivity contribution in [3.8, 4) is 6.07 Å². The Morgan fingerprint density at radius 2 is 2.00 bits per heavy atom. The number of nitrogens with one attached hydrogen (secondary N) is 1. The van der Waals surface area contributed by atoms with E-state index in [-0.39, 0.29) is 11.0 Å². The number of hydrogen-bond acceptors (Lipinski definition) is 2. The Hall–Kier alpha value is -0.970. The molecule has 0 aromatic rings. The van der Waals surface area contributed by atoms with Crippen LogP contribution in [0.1, 0.15) is 39.0 Å². The summed E-state index contributed by atoms with van der Waals surface area (Å²) in [5, 5.41) is 12.4. The molecule has 2 nitrogen and oxygen atoms in total. The summed E-state index contributed by atoms with van der Waals surface area (Å²) in [7, 11) is 0. The Kier molecular flexibility index (Phi) is 1.66. The Morgan fingerprint density at radius 1 is 1.38 bits per heavy atom. The topological polar surface area (TPSA) is 35.8 Å². The number of rotatable bonds is 3. The van der Waals surface area contributed by atoms with Gasteiger partial charge in [-0.2, -0.15) is 5.26 Å². The fourth-order valence-electron chi connectivity index (χ4n) is 1.92. The van der Waals surface area contributed by atoms with E-state index in [2.05, 4.69) is 24.9 Å². The van der Waals surface area contributed by atoms with Gasteiger partial charge in [-0.15, -0.1) is 0 Å². The molecule has 0 bridgehead atoms. The van der Waals surface area contributed by atoms with E-state index in [9.17, 15) is 0 Å². The van der Waals surface area contributed by atoms with Gasteiger partial charge in [0.05, 0.1) is 11.5 Å². The van der Waals surface area contributed by atoms with Gasteiger partial charge in [0.2, 0.25) is 0 Å². The van der Waals surface area contributed by atoms with E-state index in [4.69, 9.17) is 5.26 Å². The van der Waals surface area contributed by atoms with Gasteiger partial charge >= 0.3 is 0 Å². The highest BCUT2D eigenvalue weighted by Crippen LogP contribution is 2.50. The summed E-state index contributed by atoms with van der Waals surface area (Å²) in [6, 6.07) is 2.36. The Labute approximate surface area is 79.6 Å². The number of nitriles is 1. The van der Waals surface area contributed by atoms with Crippen LogP contribution in [-0.4, -0.2) is 5.54 Å². The largest absolute Gasteiger partial charge is 0.382 e. The van der Waals surface area contributed by atoms with Crippen molar-refractivity contribution < 1.29 is 0 Å². The van der Waals surface area contributed by atoms with Crippen molar-refractivity contribution in [2.45, 2.75) is 44.6 Å². The Bertz CT molecular complexity index is 277. The lowest BCUT2D eigenvalue weighted by molar-refractivity contribution is 0.221. The maximum Gasteiger partial charge on any atom is 0.0963 e. The van der Waals surface area contributed by atoms with Crippen LogP contribution in [0, 0.1) is 16.7 Å². The molecule has 0 aromatic carbocycles. The molecule has 0 atom stereocenters. The molecule has 2 heteroatoms. The van der Waals surface area contributed by atoms with Gasteiger partial charge in [-0.3, -0.25) is 0 Å². The van der Waals surface area contributed by atoms with E-state index in [1.807, 2.05) is 0 Å². The van der Waals surface area contributed by atoms with Crippen LogP contribution in [0.3, 0.4) is 0 Å². The third-order valence-corrected chi connectivity index (χ3v) is 3.45. The summed E-state index contributed by atoms with van der Waals surface area (Å²) in [6.45, 7) is 6.21. The zero-order valence-electron chi connectivity index (χ0n) is 8.19. The number of allylic oxidation sites excluding steroid dienone is 1. The van der Waals surface area contributed by atoms with Gasteiger partial charge in [-0.25, -0.2) is 0 Å². The molecule has 0 saturated heterocycles. The molecule has 2 aliphatic rings. The second kappa shape index (κ2) is 2.51. The Balaban J connectivity index is 1.96. The highest BCUT2D eigenvalue weighted by molar-refractivity contribution is 5.29. The molecule has 0 amide bonds. The van der Waals surface area contributed by atoms with Crippen LogP contribution in [0.4, 0.5) is 0 Å². The molecule has 70 valence electrons. The first-order chi connectivity index (χ1) is 6.10. The molecule has 0 unspecified atom stereocenters. The third kappa shape index (κ3) is 1.33. The smallest absolute Gasteiger partial charge is 0.0963 e. The summed E-state index contributed by atoms with van der Waals surface area (Å²) in [6.07, 6.45) is 5.72. The van der Waals surface area contributed by atoms with E-state index in [0.29, 0.717) is 0 Å². The highest BCUT2D eigenvalue weighted by atomic mass is 15.0. The molecule has 0 aliphatic heterocycles. The van der Waals surface area contributed by atoms with Crippen LogP contribution < -0.4 is 5.32 Å². The van der Waals surface area contributed by atoms with Gasteiger partial charge in [-0.05, 0) is 39.0 Å². The summed E-state index contributed by atoms with van der Waals surface area (Å²) in [5.41, 5.74) is 0.986. The molecular formula is C11H16N2. The van der Waals surface area contributed by atoms with Crippen molar-refractivity contribution in [1.29, 1.82) is 5.26 Å². The molecule has 13 heavy (non-hydrogen) atoms. The first-order valence-corrected chi connectivity index (χ1v) is 4.99. The third-order valence-electron chi connectivity index (χ3n) is 3.45. The van der Waals surface area contributed by atoms with Gasteiger partial charge in [0.1, 0.15) is 0 Å². The van der Waals surface area contributed by atoms with E-state index in [1.165, 1.54) is 19.3 Å². The van der Waals surface area contributed by atoms with Gasteiger partial charge in [0, 0.05) is 11.2 Å². The molecule has 2 aliphatic carbocycles. The van der Waals surface area contributed by atoms with E-state index in [0.717, 1.165) is 18.5 Å². The van der Waals surface area contributed by atoms with Crippen LogP contribution in [0.5, 0.6) is 0 Å². The van der Waals surface area contributed by atoms with E-state index in [1.54, 1.807) is 0 Å². The monoisotopic (exact) mass is 176 g/mol. The first kappa shape index (κ1) is 8.62. The predicted molar refractivity (Wildman–Crippen MR) is 51.8 cm³/mol. The standard InChI is InChI=1S/C11H16N2/c1-9(11(8-12)6-7-11)13-10(2)4-3-5-10/h13H,1,3-7H2,2H3. The minimum Gasteiger partial charge on any atom is -0.382 e. The lowest BCUT2D eigenvalue weighted by Crippen LogP contribution is -2.48. The van der Waals surface area contributed by atoms with E-state index < -0.39 is 0 Å². The van der Waals surface area contributed by atoms with Crippen molar-refractivity contribution >= 4 is 0 Å². The van der Waals surface area contributed by atoms with Crippen LogP contribution in [0.25, 0.3) is 0 Å². The average Bonchev–Trinajstić information content (AvgIpc) is 2.81. The van der Waals surface area contributed by atoms with Gasteiger partial charge < -0.3 is 5.32 Å². The normalized spacial score (nSPS) is 26.8. The second-order valence-electron chi connectivity index (χ2n) is 4.71. The van der Waals surface area contributed by atoms with Crippen LogP contribution in [-0.2, 0) is 0 Å². The Morgan fingerprint density at radius 3 is 2.31 bits per heavy atom. The minimum atomic E-state index is -0.210. The molecule has 1 N–H and O–H groups in total. The highest BCUT2D eigenvalue weighted by Gasteiger charge is 2.48. The SMILES string of the molecule is C=C(NC1(C)CCC1)C1(C#N)CC1. The van der Waals surface area contributed by atoms with Gasteiger partial charge in [0.25, 0.3) is 0 Å². The zero-order chi connectivity index (χ0) is 9.53. The van der Waals surface area contributed by atoms with Crippen molar-refractivity contribution in [2.75, 3.05) is 0 Å². The molecule has 2 rings (SSSR count). The minimum absolute atomic E-state index is 0.210.